The third-order valence-electron chi connectivity index (χ3n) is 3.73. The van der Waals surface area contributed by atoms with Crippen LogP contribution in [-0.2, 0) is 16.1 Å². The summed E-state index contributed by atoms with van der Waals surface area (Å²) in [6.07, 6.45) is 1.16. The molecule has 5 nitrogen and oxygen atoms in total. The van der Waals surface area contributed by atoms with Crippen LogP contribution in [0.5, 0.6) is 0 Å². The van der Waals surface area contributed by atoms with Crippen molar-refractivity contribution in [3.05, 3.63) is 28.5 Å². The highest BCUT2D eigenvalue weighted by atomic mass is 32.1. The maximum atomic E-state index is 13.7. The van der Waals surface area contributed by atoms with Gasteiger partial charge in [-0.2, -0.15) is 0 Å². The van der Waals surface area contributed by atoms with Crippen molar-refractivity contribution < 1.29 is 27.9 Å². The second-order valence-corrected chi connectivity index (χ2v) is 6.67. The lowest BCUT2D eigenvalue weighted by Gasteiger charge is -2.20. The average Bonchev–Trinajstić information content (AvgIpc) is 3.27. The van der Waals surface area contributed by atoms with Gasteiger partial charge in [-0.1, -0.05) is 0 Å². The van der Waals surface area contributed by atoms with Gasteiger partial charge in [0.15, 0.2) is 11.6 Å². The van der Waals surface area contributed by atoms with E-state index in [0.717, 1.165) is 24.2 Å². The van der Waals surface area contributed by atoms with Gasteiger partial charge < -0.3 is 10.0 Å². The Bertz CT molecular complexity index is 820. The Kier molecular flexibility index (Phi) is 4.44. The zero-order chi connectivity index (χ0) is 17.4. The standard InChI is InChI=1S/C15H13F3N2O3S/c16-8-5-9(17)15-14(13(8)18)19-10(24-15)6-20(7-1-2-7)11(21)3-4-12(22)23/h5,7H,1-4,6H2,(H,22,23). The molecule has 1 amide bonds. The van der Waals surface area contributed by atoms with E-state index < -0.39 is 23.4 Å². The molecule has 2 aromatic rings. The maximum Gasteiger partial charge on any atom is 0.303 e. The smallest absolute Gasteiger partial charge is 0.303 e. The Hall–Kier alpha value is -2.16. The predicted octanol–water partition coefficient (Wildman–Crippen LogP) is 3.07. The summed E-state index contributed by atoms with van der Waals surface area (Å²) in [5, 5.41) is 8.95. The summed E-state index contributed by atoms with van der Waals surface area (Å²) in [7, 11) is 0. The lowest BCUT2D eigenvalue weighted by molar-refractivity contribution is -0.141. The van der Waals surface area contributed by atoms with Gasteiger partial charge in [-0.3, -0.25) is 9.59 Å². The van der Waals surface area contributed by atoms with Gasteiger partial charge >= 0.3 is 5.97 Å². The van der Waals surface area contributed by atoms with Gasteiger partial charge in [0.05, 0.1) is 17.7 Å². The van der Waals surface area contributed by atoms with Crippen LogP contribution in [0.3, 0.4) is 0 Å². The number of thiazole rings is 1. The highest BCUT2D eigenvalue weighted by Gasteiger charge is 2.33. The zero-order valence-electron chi connectivity index (χ0n) is 12.4. The van der Waals surface area contributed by atoms with Gasteiger partial charge in [-0.25, -0.2) is 18.2 Å². The molecule has 0 atom stereocenters. The van der Waals surface area contributed by atoms with Crippen LogP contribution < -0.4 is 0 Å². The van der Waals surface area contributed by atoms with Gasteiger partial charge in [0.1, 0.15) is 16.3 Å². The fourth-order valence-corrected chi connectivity index (χ4v) is 3.37. The SMILES string of the molecule is O=C(O)CCC(=O)N(Cc1nc2c(F)c(F)cc(F)c2s1)C1CC1. The van der Waals surface area contributed by atoms with E-state index in [4.69, 9.17) is 5.11 Å². The van der Waals surface area contributed by atoms with Crippen LogP contribution in [0, 0.1) is 17.5 Å². The molecule has 0 saturated heterocycles. The molecule has 1 aromatic heterocycles. The number of benzene rings is 1. The first kappa shape index (κ1) is 16.7. The average molecular weight is 358 g/mol. The lowest BCUT2D eigenvalue weighted by Crippen LogP contribution is -2.32. The second kappa shape index (κ2) is 6.39. The van der Waals surface area contributed by atoms with Gasteiger partial charge in [0, 0.05) is 18.5 Å². The molecular weight excluding hydrogens is 345 g/mol. The number of rotatable bonds is 6. The molecule has 0 spiro atoms. The number of aromatic nitrogens is 1. The number of nitrogens with zero attached hydrogens (tertiary/aromatic N) is 2. The first-order valence-electron chi connectivity index (χ1n) is 7.31. The van der Waals surface area contributed by atoms with Gasteiger partial charge in [0.25, 0.3) is 0 Å². The van der Waals surface area contributed by atoms with Crippen LogP contribution in [0.2, 0.25) is 0 Å². The van der Waals surface area contributed by atoms with Crippen LogP contribution in [0.15, 0.2) is 6.07 Å². The normalized spacial score (nSPS) is 14.1. The number of aliphatic carboxylic acids is 1. The van der Waals surface area contributed by atoms with Crippen molar-refractivity contribution in [2.24, 2.45) is 0 Å². The van der Waals surface area contributed by atoms with Crippen LogP contribution in [0.4, 0.5) is 13.2 Å². The lowest BCUT2D eigenvalue weighted by atomic mass is 10.2. The Labute approximate surface area is 138 Å². The molecule has 3 rings (SSSR count). The quantitative estimate of drug-likeness (QED) is 0.806. The maximum absolute atomic E-state index is 13.7. The number of carbonyl (C=O) groups excluding carboxylic acids is 1. The summed E-state index contributed by atoms with van der Waals surface area (Å²) in [6, 6.07) is 0.459. The third-order valence-corrected chi connectivity index (χ3v) is 4.77. The molecule has 0 aliphatic heterocycles. The van der Waals surface area contributed by atoms with E-state index >= 15 is 0 Å². The molecule has 0 unspecified atom stereocenters. The van der Waals surface area contributed by atoms with Crippen LogP contribution in [-0.4, -0.2) is 32.9 Å². The van der Waals surface area contributed by atoms with Crippen LogP contribution in [0.1, 0.15) is 30.7 Å². The third kappa shape index (κ3) is 3.35. The molecule has 0 radical (unpaired) electrons. The first-order chi connectivity index (χ1) is 11.4. The van der Waals surface area contributed by atoms with Crippen LogP contribution in [0.25, 0.3) is 10.2 Å². The number of halogens is 3. The Morgan fingerprint density at radius 3 is 2.58 bits per heavy atom. The summed E-state index contributed by atoms with van der Waals surface area (Å²) in [5.74, 6) is -4.84. The summed E-state index contributed by atoms with van der Waals surface area (Å²) in [5.41, 5.74) is -0.388. The topological polar surface area (TPSA) is 70.5 Å². The van der Waals surface area contributed by atoms with Crippen molar-refractivity contribution in [1.29, 1.82) is 0 Å². The Morgan fingerprint density at radius 2 is 1.96 bits per heavy atom. The van der Waals surface area contributed by atoms with Crippen molar-refractivity contribution >= 4 is 33.4 Å². The molecule has 128 valence electrons. The van der Waals surface area contributed by atoms with E-state index in [-0.39, 0.29) is 46.6 Å². The van der Waals surface area contributed by atoms with E-state index in [2.05, 4.69) is 4.98 Å². The van der Waals surface area contributed by atoms with Crippen molar-refractivity contribution in [3.8, 4) is 0 Å². The number of carboxylic acid groups (broad SMARTS) is 1. The summed E-state index contributed by atoms with van der Waals surface area (Å²) in [4.78, 5) is 28.2. The van der Waals surface area contributed by atoms with E-state index in [9.17, 15) is 22.8 Å². The number of carboxylic acids is 1. The molecule has 1 fully saturated rings. The summed E-state index contributed by atoms with van der Waals surface area (Å²) >= 11 is 0.859. The fraction of sp³-hybridized carbons (Fsp3) is 0.400. The zero-order valence-corrected chi connectivity index (χ0v) is 13.2. The molecule has 1 aliphatic carbocycles. The highest BCUT2D eigenvalue weighted by Crippen LogP contribution is 2.33. The molecule has 0 bridgehead atoms. The number of hydrogen-bond acceptors (Lipinski definition) is 4. The van der Waals surface area contributed by atoms with Gasteiger partial charge in [-0.05, 0) is 12.8 Å². The summed E-state index contributed by atoms with van der Waals surface area (Å²) in [6.45, 7) is 0.0307. The van der Waals surface area contributed by atoms with E-state index in [1.54, 1.807) is 0 Å². The molecule has 1 aromatic carbocycles. The Morgan fingerprint density at radius 1 is 1.25 bits per heavy atom. The fourth-order valence-electron chi connectivity index (χ4n) is 2.41. The van der Waals surface area contributed by atoms with Crippen molar-refractivity contribution in [2.45, 2.75) is 38.3 Å². The van der Waals surface area contributed by atoms with Crippen molar-refractivity contribution in [3.63, 3.8) is 0 Å². The van der Waals surface area contributed by atoms with E-state index in [1.807, 2.05) is 0 Å². The molecule has 1 aliphatic rings. The number of carbonyl (C=O) groups is 2. The number of amides is 1. The molecular formula is C15H13F3N2O3S. The van der Waals surface area contributed by atoms with E-state index in [1.165, 1.54) is 4.90 Å². The molecule has 24 heavy (non-hydrogen) atoms. The second-order valence-electron chi connectivity index (χ2n) is 5.59. The van der Waals surface area contributed by atoms with Crippen molar-refractivity contribution in [2.75, 3.05) is 0 Å². The first-order valence-corrected chi connectivity index (χ1v) is 8.12. The largest absolute Gasteiger partial charge is 0.481 e. The molecule has 9 heteroatoms. The van der Waals surface area contributed by atoms with Crippen LogP contribution >= 0.6 is 11.3 Å². The Balaban J connectivity index is 1.84. The predicted molar refractivity (Wildman–Crippen MR) is 79.9 cm³/mol. The number of hydrogen-bond donors (Lipinski definition) is 1. The van der Waals surface area contributed by atoms with E-state index in [0.29, 0.717) is 6.07 Å². The number of fused-ring (bicyclic) bond motifs is 1. The summed E-state index contributed by atoms with van der Waals surface area (Å²) < 4.78 is 40.6. The minimum absolute atomic E-state index is 0.00950. The minimum Gasteiger partial charge on any atom is -0.481 e. The molecule has 1 N–H and O–H groups in total. The molecule has 1 saturated carbocycles. The highest BCUT2D eigenvalue weighted by molar-refractivity contribution is 7.18. The monoisotopic (exact) mass is 358 g/mol. The van der Waals surface area contributed by atoms with Gasteiger partial charge in [0.2, 0.25) is 5.91 Å². The van der Waals surface area contributed by atoms with Gasteiger partial charge in [-0.15, -0.1) is 11.3 Å². The minimum atomic E-state index is -1.31. The molecule has 1 heterocycles. The van der Waals surface area contributed by atoms with Crippen molar-refractivity contribution in [1.82, 2.24) is 9.88 Å².